The minimum atomic E-state index is -3.24. The zero-order chi connectivity index (χ0) is 14.6. The lowest BCUT2D eigenvalue weighted by Gasteiger charge is -2.35. The van der Waals surface area contributed by atoms with Crippen LogP contribution in [0.15, 0.2) is 24.4 Å². The predicted octanol–water partition coefficient (Wildman–Crippen LogP) is 0.625. The molecule has 0 radical (unpaired) electrons. The largest absolute Gasteiger partial charge is 0.333 e. The van der Waals surface area contributed by atoms with Crippen LogP contribution in [0.5, 0.6) is 0 Å². The minimum absolute atomic E-state index is 0.104. The van der Waals surface area contributed by atoms with Gasteiger partial charge in [0, 0.05) is 25.3 Å². The van der Waals surface area contributed by atoms with Gasteiger partial charge in [0.15, 0.2) is 0 Å². The third kappa shape index (κ3) is 4.01. The molecule has 2 heterocycles. The predicted molar refractivity (Wildman–Crippen MR) is 75.8 cm³/mol. The van der Waals surface area contributed by atoms with Gasteiger partial charge in [-0.05, 0) is 31.4 Å². The number of sulfonamides is 1. The highest BCUT2D eigenvalue weighted by Crippen LogP contribution is 2.18. The zero-order valence-electron chi connectivity index (χ0n) is 11.4. The van der Waals surface area contributed by atoms with Crippen LogP contribution in [0, 0.1) is 0 Å². The van der Waals surface area contributed by atoms with Crippen molar-refractivity contribution in [2.75, 3.05) is 19.3 Å². The molecular weight excluding hydrogens is 278 g/mol. The van der Waals surface area contributed by atoms with Gasteiger partial charge in [-0.15, -0.1) is 0 Å². The van der Waals surface area contributed by atoms with Crippen molar-refractivity contribution in [1.82, 2.24) is 14.6 Å². The van der Waals surface area contributed by atoms with E-state index in [0.717, 1.165) is 25.5 Å². The molecule has 1 aliphatic rings. The molecule has 1 aliphatic heterocycles. The second-order valence-corrected chi connectivity index (χ2v) is 6.82. The van der Waals surface area contributed by atoms with Crippen LogP contribution >= 0.6 is 0 Å². The lowest BCUT2D eigenvalue weighted by molar-refractivity contribution is 0.0612. The average Bonchev–Trinajstić information content (AvgIpc) is 2.45. The topological polar surface area (TPSA) is 79.4 Å². The molecule has 1 amide bonds. The Balaban J connectivity index is 2.09. The van der Waals surface area contributed by atoms with Crippen molar-refractivity contribution in [1.29, 1.82) is 0 Å². The second-order valence-electron chi connectivity index (χ2n) is 4.98. The van der Waals surface area contributed by atoms with E-state index in [9.17, 15) is 13.2 Å². The Labute approximate surface area is 119 Å². The Hall–Kier alpha value is -1.47. The number of aromatic nitrogens is 1. The average molecular weight is 297 g/mol. The standard InChI is InChI=1S/C13H19N3O3S/c1-20(18,19)15-10-11-6-3-5-9-16(11)13(17)12-7-2-4-8-14-12/h2,4,7-8,11,15H,3,5-6,9-10H2,1H3/t11-/m0/s1. The molecule has 0 saturated carbocycles. The summed E-state index contributed by atoms with van der Waals surface area (Å²) in [4.78, 5) is 18.2. The van der Waals surface area contributed by atoms with E-state index in [1.807, 2.05) is 0 Å². The maximum atomic E-state index is 12.4. The second kappa shape index (κ2) is 6.32. The molecule has 110 valence electrons. The number of piperidine rings is 1. The van der Waals surface area contributed by atoms with Gasteiger partial charge in [-0.3, -0.25) is 9.78 Å². The van der Waals surface area contributed by atoms with Crippen LogP contribution < -0.4 is 4.72 Å². The van der Waals surface area contributed by atoms with Crippen molar-refractivity contribution in [3.8, 4) is 0 Å². The van der Waals surface area contributed by atoms with Crippen LogP contribution in [0.2, 0.25) is 0 Å². The first-order chi connectivity index (χ1) is 9.47. The SMILES string of the molecule is CS(=O)(=O)NC[C@@H]1CCCCN1C(=O)c1ccccn1. The first kappa shape index (κ1) is 14.9. The number of carbonyl (C=O) groups excluding carboxylic acids is 1. The maximum Gasteiger partial charge on any atom is 0.272 e. The molecule has 7 heteroatoms. The normalized spacial score (nSPS) is 19.9. The lowest BCUT2D eigenvalue weighted by atomic mass is 10.0. The number of carbonyl (C=O) groups is 1. The zero-order valence-corrected chi connectivity index (χ0v) is 12.3. The smallest absolute Gasteiger partial charge is 0.272 e. The molecule has 0 aromatic carbocycles. The number of hydrogen-bond acceptors (Lipinski definition) is 4. The van der Waals surface area contributed by atoms with E-state index >= 15 is 0 Å². The summed E-state index contributed by atoms with van der Waals surface area (Å²) in [7, 11) is -3.24. The summed E-state index contributed by atoms with van der Waals surface area (Å²) in [5, 5.41) is 0. The number of rotatable bonds is 4. The molecule has 0 unspecified atom stereocenters. The fourth-order valence-electron chi connectivity index (χ4n) is 2.36. The third-order valence-corrected chi connectivity index (χ3v) is 4.04. The van der Waals surface area contributed by atoms with Gasteiger partial charge in [0.25, 0.3) is 5.91 Å². The molecule has 1 aromatic heterocycles. The van der Waals surface area contributed by atoms with E-state index in [0.29, 0.717) is 12.2 Å². The van der Waals surface area contributed by atoms with Gasteiger partial charge in [-0.1, -0.05) is 6.07 Å². The summed E-state index contributed by atoms with van der Waals surface area (Å²) in [5.74, 6) is -0.134. The molecule has 1 fully saturated rings. The molecule has 6 nitrogen and oxygen atoms in total. The Morgan fingerprint density at radius 2 is 2.25 bits per heavy atom. The highest BCUT2D eigenvalue weighted by molar-refractivity contribution is 7.88. The van der Waals surface area contributed by atoms with Crippen molar-refractivity contribution < 1.29 is 13.2 Å². The Kier molecular flexibility index (Phi) is 4.72. The molecule has 1 saturated heterocycles. The summed E-state index contributed by atoms with van der Waals surface area (Å²) in [6.07, 6.45) is 5.46. The molecule has 1 N–H and O–H groups in total. The molecule has 2 rings (SSSR count). The third-order valence-electron chi connectivity index (χ3n) is 3.35. The van der Waals surface area contributed by atoms with Gasteiger partial charge in [-0.25, -0.2) is 13.1 Å². The first-order valence-electron chi connectivity index (χ1n) is 6.64. The highest BCUT2D eigenvalue weighted by Gasteiger charge is 2.28. The van der Waals surface area contributed by atoms with E-state index in [1.54, 1.807) is 29.3 Å². The van der Waals surface area contributed by atoms with Crippen molar-refractivity contribution in [3.63, 3.8) is 0 Å². The quantitative estimate of drug-likeness (QED) is 0.884. The molecule has 20 heavy (non-hydrogen) atoms. The van der Waals surface area contributed by atoms with Crippen LogP contribution in [0.4, 0.5) is 0 Å². The summed E-state index contributed by atoms with van der Waals surface area (Å²) in [5.41, 5.74) is 0.402. The van der Waals surface area contributed by atoms with E-state index in [-0.39, 0.29) is 18.5 Å². The van der Waals surface area contributed by atoms with E-state index in [2.05, 4.69) is 9.71 Å². The summed E-state index contributed by atoms with van der Waals surface area (Å²) >= 11 is 0. The molecule has 1 aromatic rings. The van der Waals surface area contributed by atoms with Crippen molar-refractivity contribution in [2.24, 2.45) is 0 Å². The van der Waals surface area contributed by atoms with Crippen molar-refractivity contribution >= 4 is 15.9 Å². The number of pyridine rings is 1. The van der Waals surface area contributed by atoms with E-state index < -0.39 is 10.0 Å². The van der Waals surface area contributed by atoms with Gasteiger partial charge < -0.3 is 4.90 Å². The summed E-state index contributed by atoms with van der Waals surface area (Å²) in [6, 6.07) is 5.11. The molecule has 1 atom stereocenters. The Bertz CT molecular complexity index is 559. The number of nitrogens with one attached hydrogen (secondary N) is 1. The van der Waals surface area contributed by atoms with Crippen LogP contribution in [-0.4, -0.2) is 49.6 Å². The Morgan fingerprint density at radius 3 is 2.90 bits per heavy atom. The van der Waals surface area contributed by atoms with Gasteiger partial charge in [-0.2, -0.15) is 0 Å². The van der Waals surface area contributed by atoms with Gasteiger partial charge in [0.05, 0.1) is 6.26 Å². The highest BCUT2D eigenvalue weighted by atomic mass is 32.2. The number of amides is 1. The number of nitrogens with zero attached hydrogens (tertiary/aromatic N) is 2. The fraction of sp³-hybridized carbons (Fsp3) is 0.538. The number of likely N-dealkylation sites (tertiary alicyclic amines) is 1. The first-order valence-corrected chi connectivity index (χ1v) is 8.53. The van der Waals surface area contributed by atoms with Crippen LogP contribution in [0.1, 0.15) is 29.8 Å². The van der Waals surface area contributed by atoms with Crippen molar-refractivity contribution in [2.45, 2.75) is 25.3 Å². The minimum Gasteiger partial charge on any atom is -0.333 e. The molecule has 0 spiro atoms. The Morgan fingerprint density at radius 1 is 1.45 bits per heavy atom. The fourth-order valence-corrected chi connectivity index (χ4v) is 2.86. The lowest BCUT2D eigenvalue weighted by Crippen LogP contribution is -2.49. The van der Waals surface area contributed by atoms with E-state index in [1.165, 1.54) is 0 Å². The summed E-state index contributed by atoms with van der Waals surface area (Å²) < 4.78 is 24.9. The monoisotopic (exact) mass is 297 g/mol. The van der Waals surface area contributed by atoms with Crippen molar-refractivity contribution in [3.05, 3.63) is 30.1 Å². The van der Waals surface area contributed by atoms with Crippen LogP contribution in [0.25, 0.3) is 0 Å². The molecule has 0 aliphatic carbocycles. The summed E-state index contributed by atoms with van der Waals surface area (Å²) in [6.45, 7) is 0.906. The van der Waals surface area contributed by atoms with Gasteiger partial charge in [0.1, 0.15) is 5.69 Å². The molecular formula is C13H19N3O3S. The van der Waals surface area contributed by atoms with Crippen LogP contribution in [0.3, 0.4) is 0 Å². The number of hydrogen-bond donors (Lipinski definition) is 1. The van der Waals surface area contributed by atoms with Crippen LogP contribution in [-0.2, 0) is 10.0 Å². The molecule has 0 bridgehead atoms. The van der Waals surface area contributed by atoms with E-state index in [4.69, 9.17) is 0 Å². The van der Waals surface area contributed by atoms with Gasteiger partial charge >= 0.3 is 0 Å². The maximum absolute atomic E-state index is 12.4. The van der Waals surface area contributed by atoms with Gasteiger partial charge in [0.2, 0.25) is 10.0 Å².